The summed E-state index contributed by atoms with van der Waals surface area (Å²) in [5.74, 6) is -0.189. The highest BCUT2D eigenvalue weighted by Crippen LogP contribution is 2.43. The van der Waals surface area contributed by atoms with E-state index in [4.69, 9.17) is 4.74 Å². The minimum atomic E-state index is -0.729. The summed E-state index contributed by atoms with van der Waals surface area (Å²) in [4.78, 5) is 26.4. The molecule has 0 unspecified atom stereocenters. The molecule has 4 aromatic rings. The Labute approximate surface area is 202 Å². The van der Waals surface area contributed by atoms with Gasteiger partial charge in [0.1, 0.15) is 17.6 Å². The quantitative estimate of drug-likeness (QED) is 0.462. The summed E-state index contributed by atoms with van der Waals surface area (Å²) in [6, 6.07) is 12.5. The molecule has 5 rings (SSSR count). The Balaban J connectivity index is 1.88. The van der Waals surface area contributed by atoms with Crippen LogP contribution in [0.4, 0.5) is 0 Å². The zero-order chi connectivity index (χ0) is 25.2. The second-order valence-electron chi connectivity index (χ2n) is 10.1. The number of aromatic nitrogens is 3. The maximum atomic E-state index is 13.5. The van der Waals surface area contributed by atoms with Crippen LogP contribution >= 0.6 is 0 Å². The van der Waals surface area contributed by atoms with Gasteiger partial charge < -0.3 is 19.5 Å². The Morgan fingerprint density at radius 2 is 1.66 bits per heavy atom. The van der Waals surface area contributed by atoms with Gasteiger partial charge in [-0.3, -0.25) is 13.9 Å². The molecular formula is C27H29N3O5. The first-order chi connectivity index (χ1) is 16.5. The van der Waals surface area contributed by atoms with Crippen LogP contribution in [0.15, 0.2) is 52.1 Å². The molecule has 8 heteroatoms. The van der Waals surface area contributed by atoms with Crippen LogP contribution < -0.4 is 11.2 Å². The average molecular weight is 476 g/mol. The Hall–Kier alpha value is -3.78. The van der Waals surface area contributed by atoms with Gasteiger partial charge in [0.15, 0.2) is 0 Å². The van der Waals surface area contributed by atoms with E-state index in [9.17, 15) is 19.8 Å². The first-order valence-electron chi connectivity index (χ1n) is 11.6. The van der Waals surface area contributed by atoms with Gasteiger partial charge >= 0.3 is 5.69 Å². The van der Waals surface area contributed by atoms with Crippen molar-refractivity contribution in [3.63, 3.8) is 0 Å². The predicted octanol–water partition coefficient (Wildman–Crippen LogP) is 3.53. The lowest BCUT2D eigenvalue weighted by atomic mass is 9.86. The van der Waals surface area contributed by atoms with Crippen molar-refractivity contribution in [2.75, 3.05) is 6.61 Å². The minimum Gasteiger partial charge on any atom is -0.508 e. The SMILES string of the molecule is Cn1c(=O)c2c(-c3ccc(C(C)(C)C)cc3)n3c(c2n(C)c1=O)[C@H](c1ccc(O)cc1O)OCC3. The van der Waals surface area contributed by atoms with E-state index < -0.39 is 11.8 Å². The van der Waals surface area contributed by atoms with E-state index in [1.165, 1.54) is 29.3 Å². The molecule has 2 N–H and O–H groups in total. The highest BCUT2D eigenvalue weighted by atomic mass is 16.5. The standard InChI is InChI=1S/C27H29N3O5/c1-27(2,3)16-8-6-15(7-9-16)21-20-22(28(4)26(34)29(5)25(20)33)23-24(35-13-12-30(21)23)18-11-10-17(31)14-19(18)32/h6-11,14,24,31-32H,12-13H2,1-5H3/t24-/m0/s1. The number of fused-ring (bicyclic) bond motifs is 3. The Morgan fingerprint density at radius 1 is 0.971 bits per heavy atom. The molecule has 0 saturated carbocycles. The molecule has 2 aromatic carbocycles. The van der Waals surface area contributed by atoms with Crippen LogP contribution in [0.3, 0.4) is 0 Å². The van der Waals surface area contributed by atoms with Crippen molar-refractivity contribution in [2.45, 2.75) is 38.8 Å². The van der Waals surface area contributed by atoms with Crippen LogP contribution in [-0.2, 0) is 30.8 Å². The molecule has 0 bridgehead atoms. The van der Waals surface area contributed by atoms with Crippen molar-refractivity contribution < 1.29 is 14.9 Å². The molecule has 1 aliphatic rings. The Kier molecular flexibility index (Phi) is 5.18. The summed E-state index contributed by atoms with van der Waals surface area (Å²) in [6.45, 7) is 7.27. The summed E-state index contributed by atoms with van der Waals surface area (Å²) in [5.41, 5.74) is 3.47. The van der Waals surface area contributed by atoms with E-state index in [1.54, 1.807) is 13.1 Å². The van der Waals surface area contributed by atoms with Gasteiger partial charge in [-0.2, -0.15) is 0 Å². The van der Waals surface area contributed by atoms with Gasteiger partial charge in [0.05, 0.1) is 28.9 Å². The Morgan fingerprint density at radius 3 is 2.29 bits per heavy atom. The Bertz CT molecular complexity index is 1580. The number of hydrogen-bond acceptors (Lipinski definition) is 5. The largest absolute Gasteiger partial charge is 0.508 e. The van der Waals surface area contributed by atoms with Crippen LogP contribution in [0.25, 0.3) is 22.2 Å². The number of hydrogen-bond donors (Lipinski definition) is 2. The maximum Gasteiger partial charge on any atom is 0.331 e. The molecule has 0 aliphatic carbocycles. The van der Waals surface area contributed by atoms with Gasteiger partial charge in [-0.05, 0) is 28.7 Å². The van der Waals surface area contributed by atoms with Gasteiger partial charge in [-0.15, -0.1) is 0 Å². The van der Waals surface area contributed by atoms with Gasteiger partial charge in [-0.25, -0.2) is 4.79 Å². The topological polar surface area (TPSA) is 98.6 Å². The lowest BCUT2D eigenvalue weighted by Crippen LogP contribution is -2.37. The number of nitrogens with zero attached hydrogens (tertiary/aromatic N) is 3. The summed E-state index contributed by atoms with van der Waals surface area (Å²) in [6.07, 6.45) is -0.729. The minimum absolute atomic E-state index is 0.0193. The molecule has 0 spiro atoms. The van der Waals surface area contributed by atoms with Crippen molar-refractivity contribution in [1.82, 2.24) is 13.7 Å². The second-order valence-corrected chi connectivity index (χ2v) is 10.1. The first-order valence-corrected chi connectivity index (χ1v) is 11.6. The van der Waals surface area contributed by atoms with E-state index in [1.807, 2.05) is 16.7 Å². The van der Waals surface area contributed by atoms with Crippen LogP contribution in [0.1, 0.15) is 43.7 Å². The summed E-state index contributed by atoms with van der Waals surface area (Å²) in [7, 11) is 3.12. The summed E-state index contributed by atoms with van der Waals surface area (Å²) in [5, 5.41) is 20.8. The van der Waals surface area contributed by atoms with Crippen molar-refractivity contribution >= 4 is 10.9 Å². The lowest BCUT2D eigenvalue weighted by molar-refractivity contribution is 0.0464. The van der Waals surface area contributed by atoms with Crippen molar-refractivity contribution in [3.8, 4) is 22.8 Å². The number of phenols is 2. The molecule has 1 atom stereocenters. The van der Waals surface area contributed by atoms with E-state index >= 15 is 0 Å². The fourth-order valence-corrected chi connectivity index (χ4v) is 5.00. The van der Waals surface area contributed by atoms with Crippen LogP contribution in [0.5, 0.6) is 11.5 Å². The highest BCUT2D eigenvalue weighted by Gasteiger charge is 2.34. The second kappa shape index (κ2) is 7.88. The molecule has 8 nitrogen and oxygen atoms in total. The zero-order valence-corrected chi connectivity index (χ0v) is 20.5. The molecule has 3 heterocycles. The number of benzene rings is 2. The molecule has 1 aliphatic heterocycles. The van der Waals surface area contributed by atoms with E-state index in [0.717, 1.165) is 15.8 Å². The molecule has 2 aromatic heterocycles. The first kappa shape index (κ1) is 23.0. The van der Waals surface area contributed by atoms with E-state index in [-0.39, 0.29) is 22.5 Å². The third-order valence-electron chi connectivity index (χ3n) is 6.87. The third-order valence-corrected chi connectivity index (χ3v) is 6.87. The van der Waals surface area contributed by atoms with Crippen LogP contribution in [0, 0.1) is 0 Å². The van der Waals surface area contributed by atoms with Crippen molar-refractivity contribution in [3.05, 3.63) is 80.1 Å². The molecule has 0 saturated heterocycles. The van der Waals surface area contributed by atoms with Gasteiger partial charge in [-0.1, -0.05) is 45.0 Å². The molecule has 0 radical (unpaired) electrons. The number of aryl methyl sites for hydroxylation is 1. The normalized spacial score (nSPS) is 16.0. The van der Waals surface area contributed by atoms with Gasteiger partial charge in [0, 0.05) is 32.3 Å². The zero-order valence-electron chi connectivity index (χ0n) is 20.5. The monoisotopic (exact) mass is 475 g/mol. The molecule has 0 fully saturated rings. The van der Waals surface area contributed by atoms with Crippen LogP contribution in [-0.4, -0.2) is 30.5 Å². The fraction of sp³-hybridized carbons (Fsp3) is 0.333. The highest BCUT2D eigenvalue weighted by molar-refractivity contribution is 5.96. The van der Waals surface area contributed by atoms with Crippen molar-refractivity contribution in [1.29, 1.82) is 0 Å². The van der Waals surface area contributed by atoms with Gasteiger partial charge in [0.2, 0.25) is 0 Å². The van der Waals surface area contributed by atoms with Crippen LogP contribution in [0.2, 0.25) is 0 Å². The van der Waals surface area contributed by atoms with E-state index in [0.29, 0.717) is 35.3 Å². The maximum absolute atomic E-state index is 13.5. The number of aromatic hydroxyl groups is 2. The fourth-order valence-electron chi connectivity index (χ4n) is 5.00. The molecule has 182 valence electrons. The number of phenolic OH excluding ortho intramolecular Hbond substituents is 2. The lowest BCUT2D eigenvalue weighted by Gasteiger charge is -2.28. The van der Waals surface area contributed by atoms with Gasteiger partial charge in [0.25, 0.3) is 5.56 Å². The number of ether oxygens (including phenoxy) is 1. The summed E-state index contributed by atoms with van der Waals surface area (Å²) >= 11 is 0. The molecule has 0 amide bonds. The summed E-state index contributed by atoms with van der Waals surface area (Å²) < 4.78 is 10.7. The number of rotatable bonds is 2. The average Bonchev–Trinajstić information content (AvgIpc) is 3.16. The molecule has 35 heavy (non-hydrogen) atoms. The predicted molar refractivity (Wildman–Crippen MR) is 134 cm³/mol. The van der Waals surface area contributed by atoms with E-state index in [2.05, 4.69) is 32.9 Å². The smallest absolute Gasteiger partial charge is 0.331 e. The third kappa shape index (κ3) is 3.47. The molecular weight excluding hydrogens is 446 g/mol. The van der Waals surface area contributed by atoms with Crippen molar-refractivity contribution in [2.24, 2.45) is 14.1 Å².